The van der Waals surface area contributed by atoms with Crippen molar-refractivity contribution in [2.45, 2.75) is 4.90 Å². The zero-order valence-corrected chi connectivity index (χ0v) is 14.9. The van der Waals surface area contributed by atoms with Crippen molar-refractivity contribution in [1.29, 1.82) is 0 Å². The zero-order valence-electron chi connectivity index (χ0n) is 14.1. The van der Waals surface area contributed by atoms with Crippen molar-refractivity contribution in [3.8, 4) is 0 Å². The minimum Gasteiger partial charge on any atom is -0.464 e. The number of sulfonamides is 1. The van der Waals surface area contributed by atoms with Gasteiger partial charge in [0.2, 0.25) is 10.0 Å². The lowest BCUT2D eigenvalue weighted by Crippen LogP contribution is -2.33. The average molecular weight is 367 g/mol. The lowest BCUT2D eigenvalue weighted by atomic mass is 10.1. The second-order valence-corrected chi connectivity index (χ2v) is 6.88. The van der Waals surface area contributed by atoms with Gasteiger partial charge < -0.3 is 14.8 Å². The molecule has 0 bridgehead atoms. The summed E-state index contributed by atoms with van der Waals surface area (Å²) in [7, 11) is -0.879. The first kappa shape index (κ1) is 19.3. The topological polar surface area (TPSA) is 107 Å². The van der Waals surface area contributed by atoms with Gasteiger partial charge in [0.1, 0.15) is 0 Å². The van der Waals surface area contributed by atoms with Crippen LogP contribution in [-0.2, 0) is 19.5 Å². The second kappa shape index (κ2) is 8.86. The third-order valence-electron chi connectivity index (χ3n) is 3.51. The molecule has 0 radical (unpaired) electrons. The van der Waals surface area contributed by atoms with Gasteiger partial charge in [0.25, 0.3) is 0 Å². The predicted octanol–water partition coefficient (Wildman–Crippen LogP) is 0.536. The molecule has 2 rings (SSSR count). The first-order chi connectivity index (χ1) is 12.0. The maximum absolute atomic E-state index is 12.6. The molecule has 2 N–H and O–H groups in total. The van der Waals surface area contributed by atoms with E-state index in [2.05, 4.69) is 15.0 Å². The molecule has 8 nitrogen and oxygen atoms in total. The molecule has 0 amide bonds. The van der Waals surface area contributed by atoms with Crippen molar-refractivity contribution in [2.75, 3.05) is 40.5 Å². The molecule has 0 aliphatic rings. The summed E-state index contributed by atoms with van der Waals surface area (Å²) < 4.78 is 37.3. The fourth-order valence-corrected chi connectivity index (χ4v) is 3.57. The molecular formula is C16H21N3O5S. The van der Waals surface area contributed by atoms with Crippen LogP contribution in [0.15, 0.2) is 35.4 Å². The molecule has 1 aromatic carbocycles. The van der Waals surface area contributed by atoms with Gasteiger partial charge in [0, 0.05) is 43.7 Å². The van der Waals surface area contributed by atoms with Crippen LogP contribution >= 0.6 is 0 Å². The van der Waals surface area contributed by atoms with Crippen LogP contribution in [0.25, 0.3) is 10.8 Å². The third-order valence-corrected chi connectivity index (χ3v) is 5.03. The molecule has 0 aliphatic carbocycles. The summed E-state index contributed by atoms with van der Waals surface area (Å²) in [6.07, 6.45) is 1.39. The summed E-state index contributed by atoms with van der Waals surface area (Å²) in [6, 6.07) is 6.26. The molecule has 0 unspecified atom stereocenters. The van der Waals surface area contributed by atoms with Gasteiger partial charge in [0.05, 0.1) is 18.6 Å². The smallest absolute Gasteiger partial charge is 0.357 e. The molecule has 0 aliphatic heterocycles. The van der Waals surface area contributed by atoms with E-state index in [9.17, 15) is 13.2 Å². The third kappa shape index (κ3) is 4.73. The lowest BCUT2D eigenvalue weighted by molar-refractivity contribution is 0.0596. The molecule has 25 heavy (non-hydrogen) atoms. The zero-order chi connectivity index (χ0) is 18.3. The Labute approximate surface area is 146 Å². The Morgan fingerprint density at radius 2 is 1.92 bits per heavy atom. The molecule has 1 heterocycles. The Bertz CT molecular complexity index is 839. The van der Waals surface area contributed by atoms with Gasteiger partial charge in [-0.3, -0.25) is 0 Å². The van der Waals surface area contributed by atoms with Crippen LogP contribution in [0.1, 0.15) is 10.5 Å². The number of fused-ring (bicyclic) bond motifs is 1. The fraction of sp³-hybridized carbons (Fsp3) is 0.375. The number of esters is 1. The molecule has 0 fully saturated rings. The Balaban J connectivity index is 2.23. The summed E-state index contributed by atoms with van der Waals surface area (Å²) in [5.74, 6) is -0.615. The van der Waals surface area contributed by atoms with Gasteiger partial charge in [-0.25, -0.2) is 22.9 Å². The summed E-state index contributed by atoms with van der Waals surface area (Å²) in [4.78, 5) is 15.9. The molecule has 1 aromatic heterocycles. The van der Waals surface area contributed by atoms with Gasteiger partial charge in [-0.2, -0.15) is 0 Å². The van der Waals surface area contributed by atoms with Gasteiger partial charge in [-0.15, -0.1) is 0 Å². The van der Waals surface area contributed by atoms with Crippen molar-refractivity contribution < 1.29 is 22.7 Å². The summed E-state index contributed by atoms with van der Waals surface area (Å²) in [5.41, 5.74) is 0.0817. The van der Waals surface area contributed by atoms with Gasteiger partial charge in [0.15, 0.2) is 5.69 Å². The molecule has 2 aromatic rings. The summed E-state index contributed by atoms with van der Waals surface area (Å²) in [5, 5.41) is 3.90. The predicted molar refractivity (Wildman–Crippen MR) is 93.0 cm³/mol. The number of benzene rings is 1. The minimum atomic E-state index is -3.73. The van der Waals surface area contributed by atoms with Crippen LogP contribution < -0.4 is 10.0 Å². The molecule has 0 spiro atoms. The van der Waals surface area contributed by atoms with Crippen LogP contribution in [0.2, 0.25) is 0 Å². The average Bonchev–Trinajstić information content (AvgIpc) is 2.62. The SMILES string of the molecule is COCCNCCNS(=O)(=O)c1cccc2c(C(=O)OC)nccc12. The number of ether oxygens (including phenoxy) is 2. The number of hydrogen-bond acceptors (Lipinski definition) is 7. The van der Waals surface area contributed by atoms with E-state index in [4.69, 9.17) is 9.47 Å². The maximum Gasteiger partial charge on any atom is 0.357 e. The largest absolute Gasteiger partial charge is 0.464 e. The monoisotopic (exact) mass is 367 g/mol. The van der Waals surface area contributed by atoms with E-state index in [-0.39, 0.29) is 17.1 Å². The number of pyridine rings is 1. The van der Waals surface area contributed by atoms with Crippen LogP contribution in [0.4, 0.5) is 0 Å². The molecular weight excluding hydrogens is 346 g/mol. The number of rotatable bonds is 9. The van der Waals surface area contributed by atoms with Crippen molar-refractivity contribution in [3.05, 3.63) is 36.2 Å². The van der Waals surface area contributed by atoms with E-state index in [0.29, 0.717) is 30.5 Å². The lowest BCUT2D eigenvalue weighted by Gasteiger charge is -2.11. The normalized spacial score (nSPS) is 11.6. The van der Waals surface area contributed by atoms with Crippen LogP contribution in [-0.4, -0.2) is 59.8 Å². The number of nitrogens with zero attached hydrogens (tertiary/aromatic N) is 1. The fourth-order valence-electron chi connectivity index (χ4n) is 2.32. The van der Waals surface area contributed by atoms with E-state index in [1.165, 1.54) is 19.4 Å². The van der Waals surface area contributed by atoms with Gasteiger partial charge >= 0.3 is 5.97 Å². The highest BCUT2D eigenvalue weighted by Gasteiger charge is 2.20. The molecule has 136 valence electrons. The van der Waals surface area contributed by atoms with Crippen molar-refractivity contribution in [1.82, 2.24) is 15.0 Å². The highest BCUT2D eigenvalue weighted by Crippen LogP contribution is 2.24. The van der Waals surface area contributed by atoms with Crippen LogP contribution in [0.5, 0.6) is 0 Å². The van der Waals surface area contributed by atoms with Crippen molar-refractivity contribution in [3.63, 3.8) is 0 Å². The quantitative estimate of drug-likeness (QED) is 0.492. The Morgan fingerprint density at radius 3 is 2.64 bits per heavy atom. The number of nitrogens with one attached hydrogen (secondary N) is 2. The van der Waals surface area contributed by atoms with E-state index < -0.39 is 16.0 Å². The maximum atomic E-state index is 12.6. The van der Waals surface area contributed by atoms with E-state index in [1.807, 2.05) is 0 Å². The molecule has 9 heteroatoms. The van der Waals surface area contributed by atoms with Gasteiger partial charge in [-0.1, -0.05) is 12.1 Å². The molecule has 0 saturated heterocycles. The number of aromatic nitrogens is 1. The number of carbonyl (C=O) groups excluding carboxylic acids is 1. The number of hydrogen-bond donors (Lipinski definition) is 2. The van der Waals surface area contributed by atoms with Crippen LogP contribution in [0.3, 0.4) is 0 Å². The number of carbonyl (C=O) groups is 1. The Morgan fingerprint density at radius 1 is 1.12 bits per heavy atom. The highest BCUT2D eigenvalue weighted by molar-refractivity contribution is 7.89. The minimum absolute atomic E-state index is 0.0817. The molecule has 0 atom stereocenters. The van der Waals surface area contributed by atoms with E-state index in [1.54, 1.807) is 25.3 Å². The Hall–Kier alpha value is -2.07. The summed E-state index contributed by atoms with van der Waals surface area (Å²) in [6.45, 7) is 1.90. The summed E-state index contributed by atoms with van der Waals surface area (Å²) >= 11 is 0. The van der Waals surface area contributed by atoms with E-state index >= 15 is 0 Å². The first-order valence-electron chi connectivity index (χ1n) is 7.66. The second-order valence-electron chi connectivity index (χ2n) is 5.14. The standard InChI is InChI=1S/C16H21N3O5S/c1-23-11-10-17-8-9-19-25(21,22)14-5-3-4-13-12(14)6-7-18-15(13)16(20)24-2/h3-7,17,19H,8-11H2,1-2H3. The van der Waals surface area contributed by atoms with Gasteiger partial charge in [-0.05, 0) is 12.1 Å². The van der Waals surface area contributed by atoms with E-state index in [0.717, 1.165) is 0 Å². The van der Waals surface area contributed by atoms with Crippen molar-refractivity contribution >= 4 is 26.8 Å². The van der Waals surface area contributed by atoms with Crippen LogP contribution in [0, 0.1) is 0 Å². The Kier molecular flexibility index (Phi) is 6.82. The highest BCUT2D eigenvalue weighted by atomic mass is 32.2. The first-order valence-corrected chi connectivity index (χ1v) is 9.15. The van der Waals surface area contributed by atoms with Crippen molar-refractivity contribution in [2.24, 2.45) is 0 Å². The number of methoxy groups -OCH3 is 2. The molecule has 0 saturated carbocycles.